The van der Waals surface area contributed by atoms with E-state index in [1.165, 1.54) is 12.1 Å². The fourth-order valence-electron chi connectivity index (χ4n) is 2.90. The molecule has 7 nitrogen and oxygen atoms in total. The number of hydrogen-bond donors (Lipinski definition) is 2. The van der Waals surface area contributed by atoms with Crippen LogP contribution in [0.3, 0.4) is 0 Å². The molecule has 0 atom stereocenters. The van der Waals surface area contributed by atoms with Crippen LogP contribution in [0.5, 0.6) is 0 Å². The molecule has 10 heteroatoms. The zero-order valence-corrected chi connectivity index (χ0v) is 17.3. The first-order valence-corrected chi connectivity index (χ1v) is 10.9. The Bertz CT molecular complexity index is 1170. The summed E-state index contributed by atoms with van der Waals surface area (Å²) >= 11 is 12.5. The lowest BCUT2D eigenvalue weighted by Crippen LogP contribution is -2.51. The number of rotatable bonds is 5. The number of aromatic nitrogens is 2. The third-order valence-corrected chi connectivity index (χ3v) is 6.27. The van der Waals surface area contributed by atoms with Gasteiger partial charge in [-0.05, 0) is 30.3 Å². The van der Waals surface area contributed by atoms with Gasteiger partial charge in [-0.1, -0.05) is 47.5 Å². The van der Waals surface area contributed by atoms with Crippen molar-refractivity contribution in [1.29, 1.82) is 0 Å². The van der Waals surface area contributed by atoms with Gasteiger partial charge < -0.3 is 10.0 Å². The van der Waals surface area contributed by atoms with Gasteiger partial charge in [-0.25, -0.2) is 9.97 Å². The summed E-state index contributed by atoms with van der Waals surface area (Å²) in [5, 5.41) is 10.1. The van der Waals surface area contributed by atoms with Crippen molar-refractivity contribution in [3.05, 3.63) is 64.6 Å². The lowest BCUT2D eigenvalue weighted by atomic mass is 10.1. The van der Waals surface area contributed by atoms with E-state index in [2.05, 4.69) is 14.7 Å². The van der Waals surface area contributed by atoms with Crippen molar-refractivity contribution in [2.45, 2.75) is 11.1 Å². The standard InChI is InChI=1S/C19H16Cl2N4O3S/c20-14-5-2-1-4-13(14)19-15(21)8-9-16(22-19)24-29(27,28)18-7-3-6-17(23-18)25-10-12(26)11-25/h1-9,12,26H,10-11H2,(H,22,24). The first-order valence-electron chi connectivity index (χ1n) is 8.68. The molecule has 0 amide bonds. The number of pyridine rings is 2. The molecule has 0 bridgehead atoms. The number of nitrogens with zero attached hydrogens (tertiary/aromatic N) is 3. The van der Waals surface area contributed by atoms with Gasteiger partial charge >= 0.3 is 0 Å². The molecule has 0 unspecified atom stereocenters. The second-order valence-electron chi connectivity index (χ2n) is 6.51. The first-order chi connectivity index (χ1) is 13.8. The summed E-state index contributed by atoms with van der Waals surface area (Å²) in [7, 11) is -3.98. The molecule has 1 aliphatic rings. The molecule has 0 spiro atoms. The van der Waals surface area contributed by atoms with E-state index >= 15 is 0 Å². The molecule has 1 saturated heterocycles. The molecule has 0 aliphatic carbocycles. The monoisotopic (exact) mass is 450 g/mol. The van der Waals surface area contributed by atoms with Gasteiger partial charge in [0.15, 0.2) is 5.03 Å². The van der Waals surface area contributed by atoms with Crippen molar-refractivity contribution in [2.24, 2.45) is 0 Å². The summed E-state index contributed by atoms with van der Waals surface area (Å²) < 4.78 is 28.0. The average Bonchev–Trinajstić information content (AvgIpc) is 2.67. The molecule has 0 saturated carbocycles. The minimum atomic E-state index is -3.98. The van der Waals surface area contributed by atoms with E-state index in [-0.39, 0.29) is 10.8 Å². The van der Waals surface area contributed by atoms with Gasteiger partial charge in [0, 0.05) is 18.7 Å². The quantitative estimate of drug-likeness (QED) is 0.617. The summed E-state index contributed by atoms with van der Waals surface area (Å²) in [6.45, 7) is 0.841. The third kappa shape index (κ3) is 4.16. The molecule has 2 aromatic heterocycles. The normalized spacial score (nSPS) is 14.5. The molecule has 2 N–H and O–H groups in total. The fraction of sp³-hybridized carbons (Fsp3) is 0.158. The number of aliphatic hydroxyl groups excluding tert-OH is 1. The van der Waals surface area contributed by atoms with Gasteiger partial charge in [0.2, 0.25) is 0 Å². The lowest BCUT2D eigenvalue weighted by Gasteiger charge is -2.36. The number of nitrogens with one attached hydrogen (secondary N) is 1. The summed E-state index contributed by atoms with van der Waals surface area (Å²) in [4.78, 5) is 10.3. The van der Waals surface area contributed by atoms with Gasteiger partial charge in [-0.2, -0.15) is 8.42 Å². The summed E-state index contributed by atoms with van der Waals surface area (Å²) in [6.07, 6.45) is -0.420. The third-order valence-electron chi connectivity index (χ3n) is 4.38. The molecule has 3 heterocycles. The number of hydrogen-bond acceptors (Lipinski definition) is 6. The summed E-state index contributed by atoms with van der Waals surface area (Å²) in [6, 6.07) is 14.7. The molecule has 29 heavy (non-hydrogen) atoms. The predicted octanol–water partition coefficient (Wildman–Crippen LogP) is 3.43. The SMILES string of the molecule is O=S(=O)(Nc1ccc(Cl)c(-c2ccccc2Cl)n1)c1cccc(N2CC(O)C2)n1. The largest absolute Gasteiger partial charge is 0.389 e. The molecule has 3 aromatic rings. The Kier molecular flexibility index (Phi) is 5.35. The second-order valence-corrected chi connectivity index (χ2v) is 8.95. The highest BCUT2D eigenvalue weighted by Gasteiger charge is 2.27. The van der Waals surface area contributed by atoms with Gasteiger partial charge in [0.25, 0.3) is 10.0 Å². The molecule has 4 rings (SSSR count). The van der Waals surface area contributed by atoms with Gasteiger partial charge in [-0.3, -0.25) is 4.72 Å². The van der Waals surface area contributed by atoms with Crippen molar-refractivity contribution in [2.75, 3.05) is 22.7 Å². The van der Waals surface area contributed by atoms with Crippen LogP contribution >= 0.6 is 23.2 Å². The summed E-state index contributed by atoms with van der Waals surface area (Å²) in [5.74, 6) is 0.579. The molecular weight excluding hydrogens is 435 g/mol. The van der Waals surface area contributed by atoms with Crippen LogP contribution in [0.4, 0.5) is 11.6 Å². The minimum absolute atomic E-state index is 0.0934. The van der Waals surface area contributed by atoms with E-state index < -0.39 is 16.1 Å². The number of aliphatic hydroxyl groups is 1. The maximum atomic E-state index is 12.8. The van der Waals surface area contributed by atoms with Crippen LogP contribution in [0, 0.1) is 0 Å². The topological polar surface area (TPSA) is 95.4 Å². The van der Waals surface area contributed by atoms with Crippen LogP contribution in [-0.4, -0.2) is 42.7 Å². The second kappa shape index (κ2) is 7.79. The smallest absolute Gasteiger partial charge is 0.280 e. The zero-order chi connectivity index (χ0) is 20.6. The van der Waals surface area contributed by atoms with E-state index in [0.29, 0.717) is 40.2 Å². The highest BCUT2D eigenvalue weighted by Crippen LogP contribution is 2.33. The van der Waals surface area contributed by atoms with E-state index in [9.17, 15) is 13.5 Å². The van der Waals surface area contributed by atoms with Gasteiger partial charge in [0.1, 0.15) is 11.6 Å². The number of benzene rings is 1. The van der Waals surface area contributed by atoms with Crippen LogP contribution in [0.2, 0.25) is 10.0 Å². The number of anilines is 2. The van der Waals surface area contributed by atoms with Crippen molar-refractivity contribution >= 4 is 44.9 Å². The summed E-state index contributed by atoms with van der Waals surface area (Å²) in [5.41, 5.74) is 0.963. The molecule has 1 aliphatic heterocycles. The first kappa shape index (κ1) is 19.9. The Morgan fingerprint density at radius 3 is 2.45 bits per heavy atom. The van der Waals surface area contributed by atoms with Crippen LogP contribution in [-0.2, 0) is 10.0 Å². The fourth-order valence-corrected chi connectivity index (χ4v) is 4.30. The Balaban J connectivity index is 1.63. The van der Waals surface area contributed by atoms with E-state index in [0.717, 1.165) is 0 Å². The highest BCUT2D eigenvalue weighted by atomic mass is 35.5. The number of sulfonamides is 1. The maximum absolute atomic E-state index is 12.8. The number of β-amino-alcohol motifs (C(OH)–C–C–N with tert-alkyl or cyclic N) is 1. The van der Waals surface area contributed by atoms with Crippen molar-refractivity contribution < 1.29 is 13.5 Å². The average molecular weight is 451 g/mol. The molecule has 1 fully saturated rings. The lowest BCUT2D eigenvalue weighted by molar-refractivity contribution is 0.141. The Hall–Kier alpha value is -2.39. The van der Waals surface area contributed by atoms with Crippen LogP contribution in [0.15, 0.2) is 59.6 Å². The Labute approximate surface area is 178 Å². The molecular formula is C19H16Cl2N4O3S. The van der Waals surface area contributed by atoms with Crippen LogP contribution in [0.1, 0.15) is 0 Å². The van der Waals surface area contributed by atoms with Crippen LogP contribution < -0.4 is 9.62 Å². The van der Waals surface area contributed by atoms with E-state index in [1.807, 2.05) is 0 Å². The number of halogens is 2. The Morgan fingerprint density at radius 2 is 1.72 bits per heavy atom. The van der Waals surface area contributed by atoms with E-state index in [1.54, 1.807) is 47.4 Å². The van der Waals surface area contributed by atoms with Gasteiger partial charge in [-0.15, -0.1) is 0 Å². The molecule has 1 aromatic carbocycles. The predicted molar refractivity (Wildman–Crippen MR) is 113 cm³/mol. The molecule has 0 radical (unpaired) electrons. The highest BCUT2D eigenvalue weighted by molar-refractivity contribution is 7.92. The zero-order valence-electron chi connectivity index (χ0n) is 15.0. The van der Waals surface area contributed by atoms with Crippen molar-refractivity contribution in [1.82, 2.24) is 9.97 Å². The van der Waals surface area contributed by atoms with Crippen molar-refractivity contribution in [3.63, 3.8) is 0 Å². The maximum Gasteiger partial charge on any atom is 0.280 e. The van der Waals surface area contributed by atoms with Crippen molar-refractivity contribution in [3.8, 4) is 11.3 Å². The van der Waals surface area contributed by atoms with E-state index in [4.69, 9.17) is 23.2 Å². The Morgan fingerprint density at radius 1 is 0.966 bits per heavy atom. The molecule has 150 valence electrons. The minimum Gasteiger partial charge on any atom is -0.389 e. The van der Waals surface area contributed by atoms with Gasteiger partial charge in [0.05, 0.1) is 21.8 Å². The van der Waals surface area contributed by atoms with Crippen LogP contribution in [0.25, 0.3) is 11.3 Å².